The standard InChI is InChI=1S/C20H20FNO2/c1-24-19-9-14-5-3-7-17(14)20-18(19)10-16(12-23)22(20)11-13-4-2-6-15(21)8-13/h2,4,6,8-10,23H,3,5,7,11-12H2,1H3. The summed E-state index contributed by atoms with van der Waals surface area (Å²) >= 11 is 0. The van der Waals surface area contributed by atoms with Gasteiger partial charge in [-0.15, -0.1) is 0 Å². The molecule has 0 amide bonds. The highest BCUT2D eigenvalue weighted by molar-refractivity contribution is 5.92. The van der Waals surface area contributed by atoms with Crippen LogP contribution in [0.1, 0.15) is 28.8 Å². The molecule has 24 heavy (non-hydrogen) atoms. The zero-order valence-electron chi connectivity index (χ0n) is 13.7. The van der Waals surface area contributed by atoms with Crippen molar-refractivity contribution in [3.63, 3.8) is 0 Å². The van der Waals surface area contributed by atoms with Gasteiger partial charge in [-0.1, -0.05) is 12.1 Å². The second-order valence-corrected chi connectivity index (χ2v) is 6.34. The molecule has 0 spiro atoms. The summed E-state index contributed by atoms with van der Waals surface area (Å²) in [7, 11) is 1.68. The van der Waals surface area contributed by atoms with E-state index in [2.05, 4.69) is 10.6 Å². The molecule has 0 saturated heterocycles. The van der Waals surface area contributed by atoms with Gasteiger partial charge in [0.1, 0.15) is 11.6 Å². The summed E-state index contributed by atoms with van der Waals surface area (Å²) < 4.78 is 21.2. The van der Waals surface area contributed by atoms with E-state index in [0.717, 1.165) is 47.2 Å². The maximum absolute atomic E-state index is 13.6. The number of aryl methyl sites for hydroxylation is 2. The van der Waals surface area contributed by atoms with Gasteiger partial charge >= 0.3 is 0 Å². The van der Waals surface area contributed by atoms with Gasteiger partial charge in [0.25, 0.3) is 0 Å². The SMILES string of the molecule is COc1cc2c(c3c1cc(CO)n3Cc1cccc(F)c1)CCC2. The molecule has 1 heterocycles. The van der Waals surface area contributed by atoms with Crippen LogP contribution in [0, 0.1) is 5.82 Å². The molecule has 2 aromatic carbocycles. The number of rotatable bonds is 4. The lowest BCUT2D eigenvalue weighted by atomic mass is 10.1. The maximum atomic E-state index is 13.6. The third kappa shape index (κ3) is 2.38. The molecule has 1 N–H and O–H groups in total. The van der Waals surface area contributed by atoms with E-state index < -0.39 is 0 Å². The Morgan fingerprint density at radius 1 is 1.21 bits per heavy atom. The minimum absolute atomic E-state index is 0.0536. The van der Waals surface area contributed by atoms with Crippen LogP contribution in [-0.4, -0.2) is 16.8 Å². The fourth-order valence-electron chi connectivity index (χ4n) is 3.85. The quantitative estimate of drug-likeness (QED) is 0.791. The number of nitrogens with zero attached hydrogens (tertiary/aromatic N) is 1. The molecule has 1 aliphatic rings. The first-order valence-corrected chi connectivity index (χ1v) is 8.27. The van der Waals surface area contributed by atoms with E-state index >= 15 is 0 Å². The summed E-state index contributed by atoms with van der Waals surface area (Å²) in [4.78, 5) is 0. The smallest absolute Gasteiger partial charge is 0.128 e. The van der Waals surface area contributed by atoms with Crippen LogP contribution in [0.2, 0.25) is 0 Å². The minimum Gasteiger partial charge on any atom is -0.496 e. The number of aromatic nitrogens is 1. The highest BCUT2D eigenvalue weighted by Crippen LogP contribution is 2.38. The fourth-order valence-corrected chi connectivity index (χ4v) is 3.85. The molecule has 0 fully saturated rings. The number of hydrogen-bond donors (Lipinski definition) is 1. The van der Waals surface area contributed by atoms with E-state index in [1.165, 1.54) is 17.2 Å². The van der Waals surface area contributed by atoms with E-state index in [1.807, 2.05) is 12.1 Å². The van der Waals surface area contributed by atoms with Gasteiger partial charge in [0.15, 0.2) is 0 Å². The van der Waals surface area contributed by atoms with Gasteiger partial charge in [-0.2, -0.15) is 0 Å². The number of hydrogen-bond acceptors (Lipinski definition) is 2. The number of fused-ring (bicyclic) bond motifs is 3. The van der Waals surface area contributed by atoms with E-state index in [0.29, 0.717) is 6.54 Å². The fraction of sp³-hybridized carbons (Fsp3) is 0.300. The molecule has 0 radical (unpaired) electrons. The number of aliphatic hydroxyl groups is 1. The number of benzene rings is 2. The Balaban J connectivity index is 1.95. The Morgan fingerprint density at radius 2 is 2.08 bits per heavy atom. The first kappa shape index (κ1) is 15.2. The van der Waals surface area contributed by atoms with Gasteiger partial charge in [0, 0.05) is 17.6 Å². The Bertz CT molecular complexity index is 914. The largest absolute Gasteiger partial charge is 0.496 e. The van der Waals surface area contributed by atoms with Crippen molar-refractivity contribution < 1.29 is 14.2 Å². The Kier molecular flexibility index (Phi) is 3.77. The molecule has 4 heteroatoms. The lowest BCUT2D eigenvalue weighted by molar-refractivity contribution is 0.272. The number of aliphatic hydroxyl groups excluding tert-OH is 1. The summed E-state index contributed by atoms with van der Waals surface area (Å²) in [5.74, 6) is 0.607. The van der Waals surface area contributed by atoms with E-state index in [4.69, 9.17) is 4.74 Å². The molecule has 3 aromatic rings. The van der Waals surface area contributed by atoms with Crippen LogP contribution in [0.25, 0.3) is 10.9 Å². The van der Waals surface area contributed by atoms with Gasteiger partial charge in [0.2, 0.25) is 0 Å². The molecule has 0 bridgehead atoms. The molecule has 1 aliphatic carbocycles. The van der Waals surface area contributed by atoms with E-state index in [1.54, 1.807) is 19.2 Å². The van der Waals surface area contributed by atoms with Crippen molar-refractivity contribution in [3.8, 4) is 5.75 Å². The average Bonchev–Trinajstić information content (AvgIpc) is 3.18. The van der Waals surface area contributed by atoms with Gasteiger partial charge in [0.05, 0.1) is 19.2 Å². The van der Waals surface area contributed by atoms with Gasteiger partial charge in [-0.3, -0.25) is 0 Å². The van der Waals surface area contributed by atoms with Crippen molar-refractivity contribution in [2.75, 3.05) is 7.11 Å². The predicted octanol–water partition coefficient (Wildman–Crippen LogP) is 3.82. The van der Waals surface area contributed by atoms with Crippen LogP contribution in [0.3, 0.4) is 0 Å². The van der Waals surface area contributed by atoms with Crippen molar-refractivity contribution in [3.05, 3.63) is 64.6 Å². The maximum Gasteiger partial charge on any atom is 0.128 e. The first-order chi connectivity index (χ1) is 11.7. The zero-order valence-corrected chi connectivity index (χ0v) is 13.7. The zero-order chi connectivity index (χ0) is 16.7. The average molecular weight is 325 g/mol. The number of methoxy groups -OCH3 is 1. The van der Waals surface area contributed by atoms with Gasteiger partial charge in [-0.25, -0.2) is 4.39 Å². The number of ether oxygens (including phenoxy) is 1. The van der Waals surface area contributed by atoms with Crippen molar-refractivity contribution >= 4 is 10.9 Å². The van der Waals surface area contributed by atoms with Crippen molar-refractivity contribution in [1.82, 2.24) is 4.57 Å². The molecular formula is C20H20FNO2. The molecule has 1 aromatic heterocycles. The molecule has 4 rings (SSSR count). The Morgan fingerprint density at radius 3 is 2.83 bits per heavy atom. The molecule has 0 saturated carbocycles. The summed E-state index contributed by atoms with van der Waals surface area (Å²) in [5.41, 5.74) is 5.49. The molecule has 0 aliphatic heterocycles. The second-order valence-electron chi connectivity index (χ2n) is 6.34. The monoisotopic (exact) mass is 325 g/mol. The summed E-state index contributed by atoms with van der Waals surface area (Å²) in [6, 6.07) is 10.7. The van der Waals surface area contributed by atoms with Crippen molar-refractivity contribution in [1.29, 1.82) is 0 Å². The van der Waals surface area contributed by atoms with Crippen LogP contribution in [0.15, 0.2) is 36.4 Å². The lowest BCUT2D eigenvalue weighted by Crippen LogP contribution is -2.06. The van der Waals surface area contributed by atoms with Gasteiger partial charge in [-0.05, 0) is 60.2 Å². The normalized spacial score (nSPS) is 13.5. The second kappa shape index (κ2) is 5.95. The van der Waals surface area contributed by atoms with Crippen LogP contribution in [0.4, 0.5) is 4.39 Å². The van der Waals surface area contributed by atoms with Crippen LogP contribution in [0.5, 0.6) is 5.75 Å². The molecule has 3 nitrogen and oxygen atoms in total. The predicted molar refractivity (Wildman–Crippen MR) is 91.9 cm³/mol. The molecular weight excluding hydrogens is 305 g/mol. The third-order valence-electron chi connectivity index (χ3n) is 4.91. The van der Waals surface area contributed by atoms with Crippen LogP contribution in [-0.2, 0) is 26.0 Å². The molecule has 0 atom stereocenters. The Hall–Kier alpha value is -2.33. The topological polar surface area (TPSA) is 34.4 Å². The Labute approximate surface area is 140 Å². The highest BCUT2D eigenvalue weighted by Gasteiger charge is 2.22. The van der Waals surface area contributed by atoms with E-state index in [-0.39, 0.29) is 12.4 Å². The van der Waals surface area contributed by atoms with Crippen molar-refractivity contribution in [2.24, 2.45) is 0 Å². The van der Waals surface area contributed by atoms with Crippen LogP contribution >= 0.6 is 0 Å². The van der Waals surface area contributed by atoms with Crippen LogP contribution < -0.4 is 4.74 Å². The molecule has 0 unspecified atom stereocenters. The third-order valence-corrected chi connectivity index (χ3v) is 4.91. The number of halogens is 1. The summed E-state index contributed by atoms with van der Waals surface area (Å²) in [5, 5.41) is 10.9. The minimum atomic E-state index is -0.239. The molecule has 124 valence electrons. The van der Waals surface area contributed by atoms with Crippen molar-refractivity contribution in [2.45, 2.75) is 32.4 Å². The van der Waals surface area contributed by atoms with E-state index in [9.17, 15) is 9.50 Å². The lowest BCUT2D eigenvalue weighted by Gasteiger charge is -2.14. The van der Waals surface area contributed by atoms with Gasteiger partial charge < -0.3 is 14.4 Å². The first-order valence-electron chi connectivity index (χ1n) is 8.27. The summed E-state index contributed by atoms with van der Waals surface area (Å²) in [6.45, 7) is 0.485. The summed E-state index contributed by atoms with van der Waals surface area (Å²) in [6.07, 6.45) is 3.23. The highest BCUT2D eigenvalue weighted by atomic mass is 19.1.